The molecule has 0 amide bonds. The first kappa shape index (κ1) is 35.9. The average Bonchev–Trinajstić information content (AvgIpc) is 3.17. The van der Waals surface area contributed by atoms with Crippen molar-refractivity contribution < 1.29 is 17.6 Å². The standard InChI is InChI=1S/C47H35F4N3/c1-28-42(32-8-16-36(48)17-9-32)24-40(25-43(28)33-10-18-37(49)19-11-33)52-30(3)46-6-5-7-47(54-46)31(4)53-41-26-44(34-12-20-38(50)21-13-34)29(2)45(27-41)35-14-22-39(51)23-15-35/h5-27H,1-4H3. The van der Waals surface area contributed by atoms with Gasteiger partial charge in [-0.25, -0.2) is 22.5 Å². The monoisotopic (exact) mass is 717 g/mol. The fourth-order valence-corrected chi connectivity index (χ4v) is 6.58. The third-order valence-corrected chi connectivity index (χ3v) is 9.49. The minimum Gasteiger partial charge on any atom is -0.251 e. The summed E-state index contributed by atoms with van der Waals surface area (Å²) in [5, 5.41) is 0. The quantitative estimate of drug-likeness (QED) is 0.114. The lowest BCUT2D eigenvalue weighted by Gasteiger charge is -2.15. The Hall–Kier alpha value is -6.47. The molecule has 0 aliphatic rings. The molecule has 0 unspecified atom stereocenters. The van der Waals surface area contributed by atoms with E-state index >= 15 is 0 Å². The number of pyridine rings is 1. The summed E-state index contributed by atoms with van der Waals surface area (Å²) >= 11 is 0. The molecular formula is C47H35F4N3. The number of hydrogen-bond donors (Lipinski definition) is 0. The van der Waals surface area contributed by atoms with Gasteiger partial charge in [-0.15, -0.1) is 0 Å². The molecule has 6 aromatic carbocycles. The van der Waals surface area contributed by atoms with Crippen LogP contribution < -0.4 is 0 Å². The van der Waals surface area contributed by atoms with Gasteiger partial charge in [0.15, 0.2) is 0 Å². The van der Waals surface area contributed by atoms with E-state index in [0.29, 0.717) is 34.2 Å². The summed E-state index contributed by atoms with van der Waals surface area (Å²) in [6.45, 7) is 7.75. The molecule has 0 spiro atoms. The van der Waals surface area contributed by atoms with Gasteiger partial charge in [0.1, 0.15) is 23.3 Å². The van der Waals surface area contributed by atoms with Crippen molar-refractivity contribution in [3.63, 3.8) is 0 Å². The Morgan fingerprint density at radius 3 is 0.926 bits per heavy atom. The molecule has 0 saturated heterocycles. The molecule has 0 bridgehead atoms. The summed E-state index contributed by atoms with van der Waals surface area (Å²) in [4.78, 5) is 14.9. The molecule has 7 aromatic rings. The molecule has 1 heterocycles. The second-order valence-corrected chi connectivity index (χ2v) is 13.2. The molecule has 7 rings (SSSR count). The number of benzene rings is 6. The first-order valence-corrected chi connectivity index (χ1v) is 17.4. The molecule has 0 aliphatic carbocycles. The summed E-state index contributed by atoms with van der Waals surface area (Å²) in [6, 6.07) is 38.8. The molecule has 0 fully saturated rings. The third kappa shape index (κ3) is 7.81. The number of aromatic nitrogens is 1. The Morgan fingerprint density at radius 1 is 0.407 bits per heavy atom. The summed E-state index contributed by atoms with van der Waals surface area (Å²) in [5.74, 6) is -1.30. The average molecular weight is 718 g/mol. The van der Waals surface area contributed by atoms with Gasteiger partial charge in [-0.3, -0.25) is 9.98 Å². The molecule has 0 N–H and O–H groups in total. The predicted octanol–water partition coefficient (Wildman–Crippen LogP) is 13.2. The van der Waals surface area contributed by atoms with E-state index < -0.39 is 0 Å². The largest absolute Gasteiger partial charge is 0.251 e. The van der Waals surface area contributed by atoms with Crippen LogP contribution in [0.2, 0.25) is 0 Å². The Labute approximate surface area is 312 Å². The van der Waals surface area contributed by atoms with E-state index in [1.165, 1.54) is 48.5 Å². The Bertz CT molecular complexity index is 2230. The zero-order valence-electron chi connectivity index (χ0n) is 30.1. The lowest BCUT2D eigenvalue weighted by molar-refractivity contribution is 0.627. The summed E-state index contributed by atoms with van der Waals surface area (Å²) in [7, 11) is 0. The van der Waals surface area contributed by atoms with Crippen molar-refractivity contribution in [1.29, 1.82) is 0 Å². The van der Waals surface area contributed by atoms with Gasteiger partial charge >= 0.3 is 0 Å². The SMILES string of the molecule is CC(=Nc1cc(-c2ccc(F)cc2)c(C)c(-c2ccc(F)cc2)c1)c1cccc(C(C)=Nc2cc(-c3ccc(F)cc3)c(C)c(-c3ccc(F)cc3)c2)n1. The molecule has 0 saturated carbocycles. The molecule has 0 radical (unpaired) electrons. The van der Waals surface area contributed by atoms with Crippen LogP contribution in [0.1, 0.15) is 36.4 Å². The molecule has 7 heteroatoms. The van der Waals surface area contributed by atoms with Crippen molar-refractivity contribution in [3.8, 4) is 44.5 Å². The number of rotatable bonds is 8. The minimum atomic E-state index is -0.325. The van der Waals surface area contributed by atoms with Crippen molar-refractivity contribution in [3.05, 3.63) is 185 Å². The Kier molecular flexibility index (Phi) is 10.1. The highest BCUT2D eigenvalue weighted by atomic mass is 19.1. The van der Waals surface area contributed by atoms with E-state index in [1.807, 2.05) is 70.2 Å². The second-order valence-electron chi connectivity index (χ2n) is 13.2. The van der Waals surface area contributed by atoms with Crippen LogP contribution in [0.3, 0.4) is 0 Å². The lowest BCUT2D eigenvalue weighted by Crippen LogP contribution is -2.05. The zero-order valence-corrected chi connectivity index (χ0v) is 30.1. The maximum Gasteiger partial charge on any atom is 0.123 e. The first-order valence-electron chi connectivity index (χ1n) is 17.4. The van der Waals surface area contributed by atoms with Crippen LogP contribution in [0, 0.1) is 37.1 Å². The minimum absolute atomic E-state index is 0.325. The van der Waals surface area contributed by atoms with E-state index in [-0.39, 0.29) is 23.3 Å². The predicted molar refractivity (Wildman–Crippen MR) is 212 cm³/mol. The molecule has 3 nitrogen and oxygen atoms in total. The van der Waals surface area contributed by atoms with Crippen LogP contribution in [0.25, 0.3) is 44.5 Å². The van der Waals surface area contributed by atoms with Gasteiger partial charge in [0.25, 0.3) is 0 Å². The van der Waals surface area contributed by atoms with E-state index in [1.54, 1.807) is 48.5 Å². The number of nitrogens with zero attached hydrogens (tertiary/aromatic N) is 3. The topological polar surface area (TPSA) is 37.6 Å². The van der Waals surface area contributed by atoms with Crippen LogP contribution in [-0.4, -0.2) is 16.4 Å². The van der Waals surface area contributed by atoms with Crippen LogP contribution in [0.5, 0.6) is 0 Å². The fraction of sp³-hybridized carbons (Fsp3) is 0.0851. The molecular weight excluding hydrogens is 683 g/mol. The molecule has 0 aliphatic heterocycles. The van der Waals surface area contributed by atoms with Crippen molar-refractivity contribution in [2.24, 2.45) is 9.98 Å². The highest BCUT2D eigenvalue weighted by Gasteiger charge is 2.15. The second kappa shape index (κ2) is 15.2. The van der Waals surface area contributed by atoms with E-state index in [4.69, 9.17) is 15.0 Å². The van der Waals surface area contributed by atoms with Gasteiger partial charge in [-0.05, 0) is 168 Å². The lowest BCUT2D eigenvalue weighted by atomic mass is 9.92. The van der Waals surface area contributed by atoms with Gasteiger partial charge in [0, 0.05) is 0 Å². The summed E-state index contributed by atoms with van der Waals surface area (Å²) in [6.07, 6.45) is 0. The van der Waals surface area contributed by atoms with Crippen LogP contribution in [0.15, 0.2) is 150 Å². The van der Waals surface area contributed by atoms with Gasteiger partial charge in [-0.1, -0.05) is 54.6 Å². The van der Waals surface area contributed by atoms with E-state index in [0.717, 1.165) is 55.6 Å². The first-order chi connectivity index (χ1) is 26.0. The van der Waals surface area contributed by atoms with Crippen molar-refractivity contribution in [2.75, 3.05) is 0 Å². The maximum atomic E-state index is 13.9. The maximum absolute atomic E-state index is 13.9. The van der Waals surface area contributed by atoms with Crippen molar-refractivity contribution in [2.45, 2.75) is 27.7 Å². The highest BCUT2D eigenvalue weighted by molar-refractivity contribution is 6.03. The molecule has 0 atom stereocenters. The van der Waals surface area contributed by atoms with Crippen LogP contribution in [0.4, 0.5) is 28.9 Å². The summed E-state index contributed by atoms with van der Waals surface area (Å²) < 4.78 is 55.4. The van der Waals surface area contributed by atoms with Crippen LogP contribution in [-0.2, 0) is 0 Å². The van der Waals surface area contributed by atoms with E-state index in [9.17, 15) is 17.6 Å². The fourth-order valence-electron chi connectivity index (χ4n) is 6.58. The van der Waals surface area contributed by atoms with Gasteiger partial charge in [0.05, 0.1) is 34.2 Å². The zero-order chi connectivity index (χ0) is 37.9. The third-order valence-electron chi connectivity index (χ3n) is 9.49. The van der Waals surface area contributed by atoms with E-state index in [2.05, 4.69) is 0 Å². The van der Waals surface area contributed by atoms with Crippen LogP contribution >= 0.6 is 0 Å². The van der Waals surface area contributed by atoms with Gasteiger partial charge in [-0.2, -0.15) is 0 Å². The molecule has 1 aromatic heterocycles. The Morgan fingerprint density at radius 2 is 0.667 bits per heavy atom. The van der Waals surface area contributed by atoms with Gasteiger partial charge in [0.2, 0.25) is 0 Å². The van der Waals surface area contributed by atoms with Gasteiger partial charge < -0.3 is 0 Å². The number of aliphatic imine (C=N–C) groups is 2. The Balaban J connectivity index is 1.27. The normalized spacial score (nSPS) is 11.9. The number of halogens is 4. The molecule has 266 valence electrons. The molecule has 54 heavy (non-hydrogen) atoms. The smallest absolute Gasteiger partial charge is 0.123 e. The summed E-state index contributed by atoms with van der Waals surface area (Å²) in [5.41, 5.74) is 12.7. The number of hydrogen-bond acceptors (Lipinski definition) is 3. The van der Waals surface area contributed by atoms with Crippen molar-refractivity contribution in [1.82, 2.24) is 4.98 Å². The van der Waals surface area contributed by atoms with Crippen molar-refractivity contribution >= 4 is 22.8 Å². The highest BCUT2D eigenvalue weighted by Crippen LogP contribution is 2.38.